The van der Waals surface area contributed by atoms with E-state index < -0.39 is 11.1 Å². The fourth-order valence-corrected chi connectivity index (χ4v) is 3.65. The molecule has 1 fully saturated rings. The minimum atomic E-state index is -0.433. The van der Waals surface area contributed by atoms with E-state index in [1.807, 2.05) is 42.5 Å². The van der Waals surface area contributed by atoms with Gasteiger partial charge in [0.2, 0.25) is 11.4 Å². The lowest BCUT2D eigenvalue weighted by Crippen LogP contribution is -2.30. The summed E-state index contributed by atoms with van der Waals surface area (Å²) in [5.41, 5.74) is 1.97. The Morgan fingerprint density at radius 2 is 1.76 bits per heavy atom. The molecule has 0 saturated carbocycles. The molecule has 0 N–H and O–H groups in total. The number of thioether (sulfide) groups is 1. The third kappa shape index (κ3) is 3.97. The third-order valence-electron chi connectivity index (χ3n) is 4.25. The first kappa shape index (κ1) is 18.7. The van der Waals surface area contributed by atoms with E-state index in [9.17, 15) is 14.8 Å². The Labute approximate surface area is 170 Å². The third-order valence-corrected chi connectivity index (χ3v) is 5.17. The summed E-state index contributed by atoms with van der Waals surface area (Å²) in [7, 11) is 0. The van der Waals surface area contributed by atoms with Crippen molar-refractivity contribution in [1.29, 1.82) is 0 Å². The number of rotatable bonds is 5. The van der Waals surface area contributed by atoms with Crippen LogP contribution in [0.25, 0.3) is 17.3 Å². The molecule has 0 atom stereocenters. The molecule has 1 aliphatic heterocycles. The van der Waals surface area contributed by atoms with Gasteiger partial charge in [-0.05, 0) is 28.3 Å². The van der Waals surface area contributed by atoms with Crippen molar-refractivity contribution in [3.63, 3.8) is 0 Å². The van der Waals surface area contributed by atoms with Crippen molar-refractivity contribution in [2.75, 3.05) is 0 Å². The predicted molar refractivity (Wildman–Crippen MR) is 108 cm³/mol. The maximum Gasteiger partial charge on any atom is 0.294 e. The fourth-order valence-electron chi connectivity index (χ4n) is 2.86. The maximum absolute atomic E-state index is 12.7. The molecule has 3 aromatic rings. The molecular weight excluding hydrogens is 390 g/mol. The average Bonchev–Trinajstić information content (AvgIpc) is 3.24. The van der Waals surface area contributed by atoms with Crippen molar-refractivity contribution in [2.24, 2.45) is 0 Å². The number of allylic oxidation sites excluding steroid dienone is 2. The van der Waals surface area contributed by atoms with Crippen LogP contribution >= 0.6 is 11.8 Å². The molecule has 0 bridgehead atoms. The van der Waals surface area contributed by atoms with Gasteiger partial charge in [0.1, 0.15) is 6.54 Å². The molecule has 1 saturated heterocycles. The van der Waals surface area contributed by atoms with Crippen LogP contribution in [0.4, 0.5) is 4.79 Å². The van der Waals surface area contributed by atoms with Gasteiger partial charge in [-0.25, -0.2) is 0 Å². The van der Waals surface area contributed by atoms with Crippen LogP contribution in [-0.2, 0) is 11.3 Å². The minimum absolute atomic E-state index is 0.145. The van der Waals surface area contributed by atoms with Gasteiger partial charge in [-0.1, -0.05) is 72.8 Å². The number of hydrogen-bond acceptors (Lipinski definition) is 6. The zero-order chi connectivity index (χ0) is 20.2. The van der Waals surface area contributed by atoms with Crippen LogP contribution in [0.3, 0.4) is 0 Å². The van der Waals surface area contributed by atoms with Gasteiger partial charge in [0.05, 0.1) is 4.91 Å². The summed E-state index contributed by atoms with van der Waals surface area (Å²) >= 11 is 0.849. The van der Waals surface area contributed by atoms with Gasteiger partial charge in [0.15, 0.2) is 0 Å². The summed E-state index contributed by atoms with van der Waals surface area (Å²) in [6.45, 7) is -0.145. The highest BCUT2D eigenvalue weighted by Crippen LogP contribution is 2.32. The number of carbonyl (C=O) groups is 2. The van der Waals surface area contributed by atoms with Crippen LogP contribution in [0.15, 0.2) is 82.3 Å². The number of amides is 2. The van der Waals surface area contributed by atoms with Gasteiger partial charge >= 0.3 is 0 Å². The van der Waals surface area contributed by atoms with E-state index in [1.54, 1.807) is 36.4 Å². The Morgan fingerprint density at radius 3 is 2.48 bits per heavy atom. The topological polar surface area (TPSA) is 90.4 Å². The minimum Gasteiger partial charge on any atom is -0.359 e. The normalized spacial score (nSPS) is 15.7. The molecular formula is C21H15N3O4S. The summed E-state index contributed by atoms with van der Waals surface area (Å²) in [5, 5.41) is 15.3. The second kappa shape index (κ2) is 8.15. The lowest BCUT2D eigenvalue weighted by molar-refractivity contribution is -0.793. The Hall–Kier alpha value is -3.65. The molecule has 0 unspecified atom stereocenters. The molecule has 1 aromatic heterocycles. The highest BCUT2D eigenvalue weighted by atomic mass is 32.2. The van der Waals surface area contributed by atoms with E-state index in [1.165, 1.54) is 0 Å². The number of aromatic nitrogens is 2. The van der Waals surface area contributed by atoms with Crippen molar-refractivity contribution < 1.29 is 19.1 Å². The monoisotopic (exact) mass is 405 g/mol. The van der Waals surface area contributed by atoms with E-state index in [-0.39, 0.29) is 22.8 Å². The quantitative estimate of drug-likeness (QED) is 0.474. The second-order valence-electron chi connectivity index (χ2n) is 6.15. The molecule has 144 valence electrons. The number of imide groups is 1. The highest BCUT2D eigenvalue weighted by Gasteiger charge is 2.37. The standard InChI is InChI=1S/C21H15N3O4S/c25-20-18(13-7-10-15-8-3-1-4-9-15)29-21(26)23(20)14-17-19(24(27)28-22-17)16-11-5-2-6-12-16/h1-13H,14H2/b10-7+,18-13+. The lowest BCUT2D eigenvalue weighted by Gasteiger charge is -2.08. The van der Waals surface area contributed by atoms with E-state index in [2.05, 4.69) is 5.16 Å². The number of nitrogens with zero attached hydrogens (tertiary/aromatic N) is 3. The van der Waals surface area contributed by atoms with Crippen molar-refractivity contribution >= 4 is 29.0 Å². The summed E-state index contributed by atoms with van der Waals surface area (Å²) in [6, 6.07) is 18.4. The van der Waals surface area contributed by atoms with Crippen LogP contribution in [0.1, 0.15) is 11.3 Å². The van der Waals surface area contributed by atoms with Gasteiger partial charge in [-0.15, -0.1) is 0 Å². The first-order valence-electron chi connectivity index (χ1n) is 8.74. The first-order chi connectivity index (χ1) is 14.1. The Kier molecular flexibility index (Phi) is 5.26. The summed E-state index contributed by atoms with van der Waals surface area (Å²) in [5.74, 6) is -0.433. The number of benzene rings is 2. The molecule has 0 aliphatic carbocycles. The zero-order valence-corrected chi connectivity index (χ0v) is 15.9. The molecule has 2 aromatic carbocycles. The van der Waals surface area contributed by atoms with E-state index in [0.29, 0.717) is 10.5 Å². The van der Waals surface area contributed by atoms with Crippen molar-refractivity contribution in [3.05, 3.63) is 94.2 Å². The van der Waals surface area contributed by atoms with Gasteiger partial charge in [-0.3, -0.25) is 19.1 Å². The Morgan fingerprint density at radius 1 is 1.07 bits per heavy atom. The fraction of sp³-hybridized carbons (Fsp3) is 0.0476. The molecule has 29 heavy (non-hydrogen) atoms. The molecule has 2 heterocycles. The average molecular weight is 405 g/mol. The van der Waals surface area contributed by atoms with Crippen LogP contribution in [0.5, 0.6) is 0 Å². The lowest BCUT2D eigenvalue weighted by atomic mass is 10.1. The smallest absolute Gasteiger partial charge is 0.294 e. The van der Waals surface area contributed by atoms with Crippen molar-refractivity contribution in [1.82, 2.24) is 10.1 Å². The second-order valence-corrected chi connectivity index (χ2v) is 7.14. The van der Waals surface area contributed by atoms with Crippen molar-refractivity contribution in [3.8, 4) is 11.3 Å². The predicted octanol–water partition coefficient (Wildman–Crippen LogP) is 3.77. The highest BCUT2D eigenvalue weighted by molar-refractivity contribution is 8.18. The Balaban J connectivity index is 1.54. The van der Waals surface area contributed by atoms with Gasteiger partial charge < -0.3 is 5.21 Å². The molecule has 7 nitrogen and oxygen atoms in total. The maximum atomic E-state index is 12.7. The van der Waals surface area contributed by atoms with E-state index in [0.717, 1.165) is 22.2 Å². The number of hydrogen-bond donors (Lipinski definition) is 0. The molecule has 4 rings (SSSR count). The molecule has 8 heteroatoms. The van der Waals surface area contributed by atoms with Crippen LogP contribution in [-0.4, -0.2) is 21.2 Å². The van der Waals surface area contributed by atoms with Crippen LogP contribution < -0.4 is 4.90 Å². The summed E-state index contributed by atoms with van der Waals surface area (Å²) < 4.78 is 4.70. The summed E-state index contributed by atoms with van der Waals surface area (Å²) in [6.07, 6.45) is 5.18. The molecule has 2 amide bonds. The van der Waals surface area contributed by atoms with Gasteiger partial charge in [0.25, 0.3) is 11.1 Å². The van der Waals surface area contributed by atoms with Gasteiger partial charge in [0, 0.05) is 10.7 Å². The van der Waals surface area contributed by atoms with Crippen LogP contribution in [0, 0.1) is 5.21 Å². The summed E-state index contributed by atoms with van der Waals surface area (Å²) in [4.78, 5) is 26.6. The number of carbonyl (C=O) groups excluding carboxylic acids is 2. The van der Waals surface area contributed by atoms with E-state index in [4.69, 9.17) is 4.63 Å². The largest absolute Gasteiger partial charge is 0.359 e. The molecule has 0 radical (unpaired) electrons. The van der Waals surface area contributed by atoms with Gasteiger partial charge in [-0.2, -0.15) is 0 Å². The van der Waals surface area contributed by atoms with Crippen LogP contribution in [0.2, 0.25) is 0 Å². The Bertz CT molecular complexity index is 1110. The zero-order valence-electron chi connectivity index (χ0n) is 15.1. The SMILES string of the molecule is O=C1S/C(=C/C=C/c2ccccc2)C(=O)N1Cc1no[n+]([O-])c1-c1ccccc1. The molecule has 0 spiro atoms. The van der Waals surface area contributed by atoms with E-state index >= 15 is 0 Å². The van der Waals surface area contributed by atoms with Crippen molar-refractivity contribution in [2.45, 2.75) is 6.54 Å². The first-order valence-corrected chi connectivity index (χ1v) is 9.56. The molecule has 1 aliphatic rings.